The number of methoxy groups -OCH3 is 1. The highest BCUT2D eigenvalue weighted by Gasteiger charge is 2.13. The summed E-state index contributed by atoms with van der Waals surface area (Å²) in [6, 6.07) is 13.2. The molecule has 0 spiro atoms. The molecule has 7 heteroatoms. The number of fused-ring (bicyclic) bond motifs is 1. The maximum absolute atomic E-state index is 10.4. The SMILES string of the molecule is CCNC(=NCc1ccc2c(c1)OCO2)NCC(O)c1cccc(OC)c1. The predicted molar refractivity (Wildman–Crippen MR) is 103 cm³/mol. The second kappa shape index (κ2) is 9.14. The fraction of sp³-hybridized carbons (Fsp3) is 0.350. The van der Waals surface area contributed by atoms with Crippen molar-refractivity contribution >= 4 is 5.96 Å². The van der Waals surface area contributed by atoms with E-state index >= 15 is 0 Å². The lowest BCUT2D eigenvalue weighted by atomic mass is 10.1. The first-order valence-corrected chi connectivity index (χ1v) is 8.92. The van der Waals surface area contributed by atoms with E-state index in [4.69, 9.17) is 14.2 Å². The van der Waals surface area contributed by atoms with Gasteiger partial charge in [0.15, 0.2) is 17.5 Å². The minimum Gasteiger partial charge on any atom is -0.497 e. The number of rotatable bonds is 7. The van der Waals surface area contributed by atoms with Crippen LogP contribution in [0.2, 0.25) is 0 Å². The Kier molecular flexibility index (Phi) is 6.38. The van der Waals surface area contributed by atoms with Gasteiger partial charge in [-0.1, -0.05) is 18.2 Å². The molecule has 1 atom stereocenters. The fourth-order valence-corrected chi connectivity index (χ4v) is 2.71. The number of aliphatic imine (C=N–C) groups is 1. The normalized spacial score (nSPS) is 14.0. The van der Waals surface area contributed by atoms with Gasteiger partial charge in [0.05, 0.1) is 19.8 Å². The van der Waals surface area contributed by atoms with Crippen molar-refractivity contribution in [3.05, 3.63) is 53.6 Å². The molecule has 1 unspecified atom stereocenters. The van der Waals surface area contributed by atoms with Crippen LogP contribution in [-0.2, 0) is 6.54 Å². The van der Waals surface area contributed by atoms with E-state index in [0.717, 1.165) is 34.9 Å². The van der Waals surface area contributed by atoms with Crippen molar-refractivity contribution in [3.8, 4) is 17.2 Å². The number of nitrogens with one attached hydrogen (secondary N) is 2. The van der Waals surface area contributed by atoms with Gasteiger partial charge in [-0.2, -0.15) is 0 Å². The van der Waals surface area contributed by atoms with Crippen LogP contribution in [0.15, 0.2) is 47.5 Å². The lowest BCUT2D eigenvalue weighted by molar-refractivity contribution is 0.174. The third-order valence-corrected chi connectivity index (χ3v) is 4.14. The van der Waals surface area contributed by atoms with Crippen molar-refractivity contribution < 1.29 is 19.3 Å². The van der Waals surface area contributed by atoms with Gasteiger partial charge in [-0.05, 0) is 42.3 Å². The lowest BCUT2D eigenvalue weighted by Gasteiger charge is -2.16. The highest BCUT2D eigenvalue weighted by atomic mass is 16.7. The summed E-state index contributed by atoms with van der Waals surface area (Å²) in [6.07, 6.45) is -0.672. The minimum atomic E-state index is -0.672. The number of benzene rings is 2. The van der Waals surface area contributed by atoms with Crippen LogP contribution in [0.5, 0.6) is 17.2 Å². The van der Waals surface area contributed by atoms with Crippen LogP contribution in [0.25, 0.3) is 0 Å². The summed E-state index contributed by atoms with van der Waals surface area (Å²) in [5, 5.41) is 16.8. The maximum Gasteiger partial charge on any atom is 0.231 e. The molecular formula is C20H25N3O4. The summed E-state index contributed by atoms with van der Waals surface area (Å²) >= 11 is 0. The number of hydrogen-bond donors (Lipinski definition) is 3. The highest BCUT2D eigenvalue weighted by molar-refractivity contribution is 5.79. The molecule has 1 heterocycles. The van der Waals surface area contributed by atoms with E-state index in [2.05, 4.69) is 15.6 Å². The number of aliphatic hydroxyl groups excluding tert-OH is 1. The molecule has 0 amide bonds. The Balaban J connectivity index is 1.60. The molecule has 2 aromatic carbocycles. The first-order chi connectivity index (χ1) is 13.2. The molecule has 0 bridgehead atoms. The molecule has 3 N–H and O–H groups in total. The largest absolute Gasteiger partial charge is 0.497 e. The first kappa shape index (κ1) is 18.8. The zero-order valence-electron chi connectivity index (χ0n) is 15.6. The molecule has 3 rings (SSSR count). The Morgan fingerprint density at radius 2 is 2.04 bits per heavy atom. The lowest BCUT2D eigenvalue weighted by Crippen LogP contribution is -2.39. The van der Waals surface area contributed by atoms with E-state index in [1.54, 1.807) is 7.11 Å². The number of guanidine groups is 1. The van der Waals surface area contributed by atoms with E-state index in [1.807, 2.05) is 49.4 Å². The quantitative estimate of drug-likeness (QED) is 0.511. The molecule has 0 fully saturated rings. The monoisotopic (exact) mass is 371 g/mol. The number of aliphatic hydroxyl groups is 1. The molecule has 144 valence electrons. The minimum absolute atomic E-state index is 0.258. The Hall–Kier alpha value is -2.93. The average Bonchev–Trinajstić information content (AvgIpc) is 3.17. The van der Waals surface area contributed by atoms with Gasteiger partial charge in [0.2, 0.25) is 6.79 Å². The Labute approximate surface area is 159 Å². The molecule has 7 nitrogen and oxygen atoms in total. The molecule has 1 aliphatic rings. The number of nitrogens with zero attached hydrogens (tertiary/aromatic N) is 1. The smallest absolute Gasteiger partial charge is 0.231 e. The van der Waals surface area contributed by atoms with Gasteiger partial charge in [0, 0.05) is 13.1 Å². The zero-order valence-corrected chi connectivity index (χ0v) is 15.6. The van der Waals surface area contributed by atoms with Crippen molar-refractivity contribution in [1.29, 1.82) is 0 Å². The van der Waals surface area contributed by atoms with Crippen LogP contribution in [0.1, 0.15) is 24.2 Å². The molecule has 27 heavy (non-hydrogen) atoms. The maximum atomic E-state index is 10.4. The predicted octanol–water partition coefficient (Wildman–Crippen LogP) is 2.21. The third-order valence-electron chi connectivity index (χ3n) is 4.14. The van der Waals surface area contributed by atoms with Gasteiger partial charge in [-0.3, -0.25) is 0 Å². The van der Waals surface area contributed by atoms with Crippen LogP contribution < -0.4 is 24.8 Å². The first-order valence-electron chi connectivity index (χ1n) is 8.92. The van der Waals surface area contributed by atoms with Crippen molar-refractivity contribution in [1.82, 2.24) is 10.6 Å². The molecule has 0 aromatic heterocycles. The summed E-state index contributed by atoms with van der Waals surface area (Å²) in [4.78, 5) is 4.57. The molecule has 0 aliphatic carbocycles. The van der Waals surface area contributed by atoms with Gasteiger partial charge >= 0.3 is 0 Å². The van der Waals surface area contributed by atoms with Crippen molar-refractivity contribution in [2.75, 3.05) is 27.0 Å². The van der Waals surface area contributed by atoms with Gasteiger partial charge in [0.25, 0.3) is 0 Å². The van der Waals surface area contributed by atoms with E-state index < -0.39 is 6.10 Å². The van der Waals surface area contributed by atoms with Gasteiger partial charge in [-0.25, -0.2) is 4.99 Å². The molecule has 0 saturated heterocycles. The third kappa shape index (κ3) is 5.04. The van der Waals surface area contributed by atoms with Crippen LogP contribution >= 0.6 is 0 Å². The number of ether oxygens (including phenoxy) is 3. The highest BCUT2D eigenvalue weighted by Crippen LogP contribution is 2.32. The van der Waals surface area contributed by atoms with Crippen LogP contribution in [0.4, 0.5) is 0 Å². The van der Waals surface area contributed by atoms with Crippen LogP contribution in [0, 0.1) is 0 Å². The van der Waals surface area contributed by atoms with Crippen molar-refractivity contribution in [2.24, 2.45) is 4.99 Å². The van der Waals surface area contributed by atoms with E-state index in [0.29, 0.717) is 19.0 Å². The summed E-state index contributed by atoms with van der Waals surface area (Å²) in [6.45, 7) is 3.80. The summed E-state index contributed by atoms with van der Waals surface area (Å²) in [5.74, 6) is 2.86. The van der Waals surface area contributed by atoms with E-state index in [-0.39, 0.29) is 6.79 Å². The standard InChI is InChI=1S/C20H25N3O4/c1-3-21-20(22-11-14-7-8-18-19(9-14)27-13-26-18)23-12-17(24)15-5-4-6-16(10-15)25-2/h4-10,17,24H,3,11-13H2,1-2H3,(H2,21,22,23). The van der Waals surface area contributed by atoms with Crippen LogP contribution in [-0.4, -0.2) is 38.1 Å². The summed E-state index contributed by atoms with van der Waals surface area (Å²) in [7, 11) is 1.61. The topological polar surface area (TPSA) is 84.3 Å². The Morgan fingerprint density at radius 3 is 2.85 bits per heavy atom. The van der Waals surface area contributed by atoms with Crippen molar-refractivity contribution in [3.63, 3.8) is 0 Å². The van der Waals surface area contributed by atoms with Gasteiger partial charge < -0.3 is 30.0 Å². The average molecular weight is 371 g/mol. The van der Waals surface area contributed by atoms with Gasteiger partial charge in [-0.15, -0.1) is 0 Å². The fourth-order valence-electron chi connectivity index (χ4n) is 2.71. The Morgan fingerprint density at radius 1 is 1.19 bits per heavy atom. The van der Waals surface area contributed by atoms with Crippen LogP contribution in [0.3, 0.4) is 0 Å². The van der Waals surface area contributed by atoms with E-state index in [1.165, 1.54) is 0 Å². The Bertz CT molecular complexity index is 795. The van der Waals surface area contributed by atoms with Crippen molar-refractivity contribution in [2.45, 2.75) is 19.6 Å². The summed E-state index contributed by atoms with van der Waals surface area (Å²) < 4.78 is 15.9. The second-order valence-corrected chi connectivity index (χ2v) is 6.06. The van der Waals surface area contributed by atoms with E-state index in [9.17, 15) is 5.11 Å². The molecule has 1 aliphatic heterocycles. The molecular weight excluding hydrogens is 346 g/mol. The molecule has 0 radical (unpaired) electrons. The zero-order chi connectivity index (χ0) is 19.1. The van der Waals surface area contributed by atoms with Gasteiger partial charge in [0.1, 0.15) is 5.75 Å². The summed E-state index contributed by atoms with van der Waals surface area (Å²) in [5.41, 5.74) is 1.80. The second-order valence-electron chi connectivity index (χ2n) is 6.06. The molecule has 2 aromatic rings. The number of hydrogen-bond acceptors (Lipinski definition) is 5. The molecule has 0 saturated carbocycles.